The molecule has 0 radical (unpaired) electrons. The summed E-state index contributed by atoms with van der Waals surface area (Å²) in [5.74, 6) is -0.435. The van der Waals surface area contributed by atoms with Crippen molar-refractivity contribution in [2.75, 3.05) is 6.54 Å². The molecule has 1 N–H and O–H groups in total. The van der Waals surface area contributed by atoms with E-state index in [-0.39, 0.29) is 0 Å². The zero-order valence-corrected chi connectivity index (χ0v) is 12.7. The summed E-state index contributed by atoms with van der Waals surface area (Å²) >= 11 is 0. The summed E-state index contributed by atoms with van der Waals surface area (Å²) in [5, 5.41) is 11.0. The molecule has 2 rings (SSSR count). The Morgan fingerprint density at radius 3 is 2.71 bits per heavy atom. The standard InChI is InChI=1S/C16H22FNO3/c1-15(2,3)21-14(19)18-10-5-4-9-16(18,20)12-7-6-8-13(17)11-12/h6-8,11,20H,4-5,9-10H2,1-3H3. The number of aliphatic hydroxyl groups is 1. The molecular formula is C16H22FNO3. The highest BCUT2D eigenvalue weighted by Gasteiger charge is 2.43. The number of amides is 1. The van der Waals surface area contributed by atoms with Crippen molar-refractivity contribution in [3.63, 3.8) is 0 Å². The number of rotatable bonds is 1. The zero-order chi connectivity index (χ0) is 15.7. The first kappa shape index (κ1) is 15.8. The Bertz CT molecular complexity index is 526. The van der Waals surface area contributed by atoms with Crippen molar-refractivity contribution < 1.29 is 19.0 Å². The van der Waals surface area contributed by atoms with Crippen LogP contribution in [0.25, 0.3) is 0 Å². The van der Waals surface area contributed by atoms with E-state index in [1.807, 2.05) is 0 Å². The van der Waals surface area contributed by atoms with Gasteiger partial charge in [-0.2, -0.15) is 0 Å². The van der Waals surface area contributed by atoms with Crippen LogP contribution in [0.1, 0.15) is 45.6 Å². The summed E-state index contributed by atoms with van der Waals surface area (Å²) in [6, 6.07) is 5.74. The molecule has 1 aliphatic rings. The SMILES string of the molecule is CC(C)(C)OC(=O)N1CCCCC1(O)c1cccc(F)c1. The molecule has 1 saturated heterocycles. The third kappa shape index (κ3) is 3.53. The molecule has 1 fully saturated rings. The number of nitrogens with zero attached hydrogens (tertiary/aromatic N) is 1. The number of carbonyl (C=O) groups excluding carboxylic acids is 1. The lowest BCUT2D eigenvalue weighted by molar-refractivity contribution is -0.133. The van der Waals surface area contributed by atoms with Gasteiger partial charge >= 0.3 is 6.09 Å². The molecule has 21 heavy (non-hydrogen) atoms. The van der Waals surface area contributed by atoms with Crippen LogP contribution in [0, 0.1) is 5.82 Å². The number of benzene rings is 1. The number of halogens is 1. The van der Waals surface area contributed by atoms with Gasteiger partial charge in [-0.25, -0.2) is 9.18 Å². The van der Waals surface area contributed by atoms with Crippen molar-refractivity contribution in [3.8, 4) is 0 Å². The van der Waals surface area contributed by atoms with Crippen molar-refractivity contribution in [3.05, 3.63) is 35.6 Å². The molecule has 5 heteroatoms. The predicted molar refractivity (Wildman–Crippen MR) is 77.1 cm³/mol. The van der Waals surface area contributed by atoms with Crippen molar-refractivity contribution in [1.29, 1.82) is 0 Å². The maximum absolute atomic E-state index is 13.4. The smallest absolute Gasteiger partial charge is 0.412 e. The average Bonchev–Trinajstić information content (AvgIpc) is 2.37. The second-order valence-corrected chi connectivity index (χ2v) is 6.42. The minimum atomic E-state index is -1.51. The highest BCUT2D eigenvalue weighted by molar-refractivity contribution is 5.69. The average molecular weight is 295 g/mol. The van der Waals surface area contributed by atoms with Gasteiger partial charge in [-0.3, -0.25) is 4.90 Å². The number of hydrogen-bond acceptors (Lipinski definition) is 3. The first-order valence-corrected chi connectivity index (χ1v) is 7.21. The van der Waals surface area contributed by atoms with Crippen molar-refractivity contribution in [2.24, 2.45) is 0 Å². The Kier molecular flexibility index (Phi) is 4.23. The summed E-state index contributed by atoms with van der Waals surface area (Å²) < 4.78 is 18.8. The van der Waals surface area contributed by atoms with Gasteiger partial charge in [-0.1, -0.05) is 12.1 Å². The molecule has 0 bridgehead atoms. The van der Waals surface area contributed by atoms with E-state index in [0.29, 0.717) is 18.5 Å². The van der Waals surface area contributed by atoms with Crippen molar-refractivity contribution in [1.82, 2.24) is 4.90 Å². The van der Waals surface area contributed by atoms with Crippen LogP contribution in [-0.4, -0.2) is 28.2 Å². The van der Waals surface area contributed by atoms with Gasteiger partial charge in [0, 0.05) is 12.1 Å². The van der Waals surface area contributed by atoms with E-state index in [4.69, 9.17) is 4.74 Å². The number of carbonyl (C=O) groups is 1. The third-order valence-corrected chi connectivity index (χ3v) is 3.50. The molecule has 0 saturated carbocycles. The topological polar surface area (TPSA) is 49.8 Å². The Morgan fingerprint density at radius 1 is 1.38 bits per heavy atom. The molecule has 0 aromatic heterocycles. The zero-order valence-electron chi connectivity index (χ0n) is 12.7. The van der Waals surface area contributed by atoms with E-state index in [0.717, 1.165) is 12.8 Å². The predicted octanol–water partition coefficient (Wildman–Crippen LogP) is 3.39. The van der Waals surface area contributed by atoms with Crippen LogP contribution < -0.4 is 0 Å². The molecule has 1 aromatic rings. The highest BCUT2D eigenvalue weighted by Crippen LogP contribution is 2.36. The fourth-order valence-electron chi connectivity index (χ4n) is 2.56. The van der Waals surface area contributed by atoms with Crippen LogP contribution in [0.4, 0.5) is 9.18 Å². The highest BCUT2D eigenvalue weighted by atomic mass is 19.1. The molecule has 1 aliphatic heterocycles. The fourth-order valence-corrected chi connectivity index (χ4v) is 2.56. The Hall–Kier alpha value is -1.62. The summed E-state index contributed by atoms with van der Waals surface area (Å²) in [7, 11) is 0. The van der Waals surface area contributed by atoms with Crippen molar-refractivity contribution in [2.45, 2.75) is 51.4 Å². The monoisotopic (exact) mass is 295 g/mol. The Balaban J connectivity index is 2.32. The Labute approximate surface area is 124 Å². The largest absolute Gasteiger partial charge is 0.444 e. The molecule has 1 unspecified atom stereocenters. The van der Waals surface area contributed by atoms with E-state index >= 15 is 0 Å². The van der Waals surface area contributed by atoms with Crippen molar-refractivity contribution >= 4 is 6.09 Å². The first-order valence-electron chi connectivity index (χ1n) is 7.21. The number of hydrogen-bond donors (Lipinski definition) is 1. The van der Waals surface area contributed by atoms with Crippen LogP contribution in [0.15, 0.2) is 24.3 Å². The van der Waals surface area contributed by atoms with Gasteiger partial charge in [0.2, 0.25) is 0 Å². The number of likely N-dealkylation sites (tertiary alicyclic amines) is 1. The molecule has 4 nitrogen and oxygen atoms in total. The maximum Gasteiger partial charge on any atom is 0.412 e. The van der Waals surface area contributed by atoms with E-state index in [1.54, 1.807) is 26.8 Å². The van der Waals surface area contributed by atoms with E-state index < -0.39 is 23.2 Å². The lowest BCUT2D eigenvalue weighted by Crippen LogP contribution is -2.53. The lowest BCUT2D eigenvalue weighted by Gasteiger charge is -2.43. The molecule has 1 heterocycles. The van der Waals surface area contributed by atoms with Crippen LogP contribution in [0.3, 0.4) is 0 Å². The Morgan fingerprint density at radius 2 is 2.10 bits per heavy atom. The minimum Gasteiger partial charge on any atom is -0.444 e. The maximum atomic E-state index is 13.4. The summed E-state index contributed by atoms with van der Waals surface area (Å²) in [6.07, 6.45) is 1.35. The molecule has 1 amide bonds. The van der Waals surface area contributed by atoms with E-state index in [2.05, 4.69) is 0 Å². The van der Waals surface area contributed by atoms with Gasteiger partial charge < -0.3 is 9.84 Å². The quantitative estimate of drug-likeness (QED) is 0.864. The van der Waals surface area contributed by atoms with Crippen LogP contribution >= 0.6 is 0 Å². The molecule has 0 spiro atoms. The second-order valence-electron chi connectivity index (χ2n) is 6.42. The summed E-state index contributed by atoms with van der Waals surface area (Å²) in [4.78, 5) is 13.6. The van der Waals surface area contributed by atoms with Gasteiger partial charge in [0.05, 0.1) is 0 Å². The van der Waals surface area contributed by atoms with Gasteiger partial charge in [0.25, 0.3) is 0 Å². The van der Waals surface area contributed by atoms with Gasteiger partial charge in [-0.15, -0.1) is 0 Å². The lowest BCUT2D eigenvalue weighted by atomic mass is 9.91. The first-order chi connectivity index (χ1) is 9.72. The van der Waals surface area contributed by atoms with Gasteiger partial charge in [0.15, 0.2) is 5.72 Å². The van der Waals surface area contributed by atoms with Crippen LogP contribution in [0.5, 0.6) is 0 Å². The molecule has 116 valence electrons. The molecule has 1 aromatic carbocycles. The van der Waals surface area contributed by atoms with Gasteiger partial charge in [0.1, 0.15) is 11.4 Å². The minimum absolute atomic E-state index is 0.371. The van der Waals surface area contributed by atoms with E-state index in [9.17, 15) is 14.3 Å². The third-order valence-electron chi connectivity index (χ3n) is 3.50. The molecule has 0 aliphatic carbocycles. The molecule has 1 atom stereocenters. The van der Waals surface area contributed by atoms with Gasteiger partial charge in [-0.05, 0) is 52.2 Å². The summed E-state index contributed by atoms with van der Waals surface area (Å²) in [6.45, 7) is 5.71. The normalized spacial score (nSPS) is 23.0. The van der Waals surface area contributed by atoms with Crippen LogP contribution in [-0.2, 0) is 10.5 Å². The number of ether oxygens (including phenoxy) is 1. The fraction of sp³-hybridized carbons (Fsp3) is 0.562. The second kappa shape index (κ2) is 5.64. The summed E-state index contributed by atoms with van der Waals surface area (Å²) in [5.41, 5.74) is -1.77. The molecular weight excluding hydrogens is 273 g/mol. The number of piperidine rings is 1. The van der Waals surface area contributed by atoms with E-state index in [1.165, 1.54) is 23.1 Å². The van der Waals surface area contributed by atoms with Crippen LogP contribution in [0.2, 0.25) is 0 Å².